The molecule has 2 atom stereocenters. The normalized spacial score (nSPS) is 27.0. The number of methoxy groups -OCH3 is 1. The van der Waals surface area contributed by atoms with E-state index in [2.05, 4.69) is 37.9 Å². The van der Waals surface area contributed by atoms with E-state index in [0.717, 1.165) is 58.0 Å². The molecule has 0 unspecified atom stereocenters. The first-order valence-electron chi connectivity index (χ1n) is 10.5. The van der Waals surface area contributed by atoms with Gasteiger partial charge in [-0.3, -0.25) is 19.7 Å². The zero-order valence-corrected chi connectivity index (χ0v) is 17.1. The van der Waals surface area contributed by atoms with Gasteiger partial charge in [-0.2, -0.15) is 0 Å². The summed E-state index contributed by atoms with van der Waals surface area (Å²) in [5.74, 6) is 0.904. The molecule has 0 amide bonds. The van der Waals surface area contributed by atoms with E-state index >= 15 is 0 Å². The Bertz CT molecular complexity index is 823. The summed E-state index contributed by atoms with van der Waals surface area (Å²) in [6.07, 6.45) is 4.51. The molecule has 1 aromatic carbocycles. The zero-order chi connectivity index (χ0) is 19.8. The fourth-order valence-electron chi connectivity index (χ4n) is 5.55. The van der Waals surface area contributed by atoms with Crippen molar-refractivity contribution in [3.8, 4) is 5.75 Å². The van der Waals surface area contributed by atoms with Gasteiger partial charge in [0, 0.05) is 64.2 Å². The fourth-order valence-corrected chi connectivity index (χ4v) is 5.55. The smallest absolute Gasteiger partial charge is 0.118 e. The van der Waals surface area contributed by atoms with Gasteiger partial charge in [0.1, 0.15) is 5.75 Å². The summed E-state index contributed by atoms with van der Waals surface area (Å²) in [5.41, 5.74) is 2.75. The first-order chi connectivity index (χ1) is 14.1. The summed E-state index contributed by atoms with van der Waals surface area (Å²) in [6, 6.07) is 13.0. The molecular weight excluding hydrogens is 364 g/mol. The summed E-state index contributed by atoms with van der Waals surface area (Å²) < 4.78 is 5.27. The Labute approximate surface area is 172 Å². The van der Waals surface area contributed by atoms with Crippen molar-refractivity contribution in [1.29, 1.82) is 0 Å². The number of rotatable bonds is 5. The van der Waals surface area contributed by atoms with E-state index in [1.807, 2.05) is 30.6 Å². The Kier molecular flexibility index (Phi) is 5.04. The van der Waals surface area contributed by atoms with Crippen LogP contribution in [-0.4, -0.2) is 82.3 Å². The molecule has 6 nitrogen and oxygen atoms in total. The van der Waals surface area contributed by atoms with E-state index in [0.29, 0.717) is 6.04 Å². The summed E-state index contributed by atoms with van der Waals surface area (Å²) >= 11 is 0. The largest absolute Gasteiger partial charge is 0.497 e. The molecule has 1 spiro atoms. The number of pyridine rings is 1. The van der Waals surface area contributed by atoms with Crippen LogP contribution in [-0.2, 0) is 13.1 Å². The molecule has 0 aliphatic carbocycles. The van der Waals surface area contributed by atoms with E-state index < -0.39 is 0 Å². The lowest BCUT2D eigenvalue weighted by molar-refractivity contribution is -0.118. The minimum Gasteiger partial charge on any atom is -0.497 e. The van der Waals surface area contributed by atoms with Crippen molar-refractivity contribution in [3.05, 3.63) is 59.9 Å². The third-order valence-corrected chi connectivity index (χ3v) is 6.72. The molecule has 3 aliphatic heterocycles. The number of aliphatic hydroxyl groups is 1. The minimum atomic E-state index is -0.189. The fraction of sp³-hybridized carbons (Fsp3) is 0.522. The maximum Gasteiger partial charge on any atom is 0.118 e. The average molecular weight is 395 g/mol. The van der Waals surface area contributed by atoms with Gasteiger partial charge in [-0.25, -0.2) is 0 Å². The lowest BCUT2D eigenvalue weighted by Crippen LogP contribution is -2.77. The van der Waals surface area contributed by atoms with Crippen LogP contribution < -0.4 is 4.74 Å². The van der Waals surface area contributed by atoms with Crippen LogP contribution >= 0.6 is 0 Å². The molecule has 3 fully saturated rings. The van der Waals surface area contributed by atoms with Crippen molar-refractivity contribution < 1.29 is 9.84 Å². The molecule has 5 rings (SSSR count). The molecule has 1 aromatic heterocycles. The lowest BCUT2D eigenvalue weighted by Gasteiger charge is -2.61. The van der Waals surface area contributed by atoms with E-state index in [1.165, 1.54) is 11.1 Å². The van der Waals surface area contributed by atoms with Crippen LogP contribution in [0, 0.1) is 0 Å². The molecular formula is C23H30N4O2. The zero-order valence-electron chi connectivity index (χ0n) is 17.1. The number of hydrogen-bond donors (Lipinski definition) is 1. The number of aliphatic hydroxyl groups excluding tert-OH is 1. The Hall–Kier alpha value is -1.99. The predicted molar refractivity (Wildman–Crippen MR) is 112 cm³/mol. The van der Waals surface area contributed by atoms with E-state index in [9.17, 15) is 5.11 Å². The third-order valence-electron chi connectivity index (χ3n) is 6.72. The van der Waals surface area contributed by atoms with Gasteiger partial charge < -0.3 is 9.84 Å². The number of β-amino-alcohol motifs (C(OH)–C–C–N with tert-alkyl or cyclic N) is 1. The molecule has 29 heavy (non-hydrogen) atoms. The lowest BCUT2D eigenvalue weighted by atomic mass is 9.83. The summed E-state index contributed by atoms with van der Waals surface area (Å²) in [4.78, 5) is 12.0. The monoisotopic (exact) mass is 394 g/mol. The number of fused-ring (bicyclic) bond motifs is 2. The number of ether oxygens (including phenoxy) is 1. The maximum atomic E-state index is 10.3. The molecule has 6 heteroatoms. The highest BCUT2D eigenvalue weighted by Gasteiger charge is 2.55. The van der Waals surface area contributed by atoms with Crippen LogP contribution in [0.4, 0.5) is 0 Å². The van der Waals surface area contributed by atoms with E-state index in [4.69, 9.17) is 4.74 Å². The van der Waals surface area contributed by atoms with Crippen LogP contribution in [0.3, 0.4) is 0 Å². The molecule has 2 aromatic rings. The predicted octanol–water partition coefficient (Wildman–Crippen LogP) is 1.60. The van der Waals surface area contributed by atoms with Crippen LogP contribution in [0.5, 0.6) is 5.75 Å². The number of nitrogens with zero attached hydrogens (tertiary/aromatic N) is 4. The number of hydrogen-bond acceptors (Lipinski definition) is 6. The van der Waals surface area contributed by atoms with E-state index in [-0.39, 0.29) is 11.6 Å². The highest BCUT2D eigenvalue weighted by molar-refractivity contribution is 5.27. The second-order valence-corrected chi connectivity index (χ2v) is 8.94. The number of aromatic nitrogens is 1. The molecule has 3 saturated heterocycles. The first kappa shape index (κ1) is 19.0. The van der Waals surface area contributed by atoms with E-state index in [1.54, 1.807) is 7.11 Å². The van der Waals surface area contributed by atoms with Gasteiger partial charge in [0.25, 0.3) is 0 Å². The summed E-state index contributed by atoms with van der Waals surface area (Å²) in [7, 11) is 1.70. The minimum absolute atomic E-state index is 0.162. The van der Waals surface area contributed by atoms with Crippen molar-refractivity contribution in [2.75, 3.05) is 39.8 Å². The Morgan fingerprint density at radius 2 is 1.79 bits per heavy atom. The van der Waals surface area contributed by atoms with Crippen molar-refractivity contribution in [1.82, 2.24) is 19.7 Å². The van der Waals surface area contributed by atoms with Gasteiger partial charge >= 0.3 is 0 Å². The van der Waals surface area contributed by atoms with Crippen LogP contribution in [0.15, 0.2) is 48.8 Å². The summed E-state index contributed by atoms with van der Waals surface area (Å²) in [6.45, 7) is 6.94. The second-order valence-electron chi connectivity index (χ2n) is 8.94. The topological polar surface area (TPSA) is 52.1 Å². The van der Waals surface area contributed by atoms with Crippen molar-refractivity contribution in [2.45, 2.75) is 37.2 Å². The highest BCUT2D eigenvalue weighted by Crippen LogP contribution is 2.39. The molecule has 1 N–H and O–H groups in total. The molecule has 3 aliphatic rings. The van der Waals surface area contributed by atoms with Gasteiger partial charge in [-0.1, -0.05) is 18.2 Å². The standard InChI is InChI=1S/C23H30N4O2/c1-29-22-6-4-18(5-7-22)11-26-16-23(17-26)15-25(12-19-3-2-8-24-10-19)13-20-9-21(28)14-27(20)23/h2-8,10,20-21,28H,9,11-17H2,1H3/t20-,21+/m0/s1. The molecule has 0 radical (unpaired) electrons. The highest BCUT2D eigenvalue weighted by atomic mass is 16.5. The van der Waals surface area contributed by atoms with Crippen molar-refractivity contribution in [2.24, 2.45) is 0 Å². The molecule has 0 saturated carbocycles. The van der Waals surface area contributed by atoms with Crippen LogP contribution in [0.1, 0.15) is 17.5 Å². The van der Waals surface area contributed by atoms with Gasteiger partial charge in [0.05, 0.1) is 18.8 Å². The maximum absolute atomic E-state index is 10.3. The van der Waals surface area contributed by atoms with Gasteiger partial charge in [0.2, 0.25) is 0 Å². The third kappa shape index (κ3) is 3.78. The van der Waals surface area contributed by atoms with Crippen LogP contribution in [0.2, 0.25) is 0 Å². The van der Waals surface area contributed by atoms with Gasteiger partial charge in [0.15, 0.2) is 0 Å². The SMILES string of the molecule is COc1ccc(CN2CC3(CN(Cc4cccnc4)C[C@@H]4C[C@@H](O)CN43)C2)cc1. The van der Waals surface area contributed by atoms with Gasteiger partial charge in [-0.15, -0.1) is 0 Å². The Morgan fingerprint density at radius 1 is 1.03 bits per heavy atom. The molecule has 154 valence electrons. The average Bonchev–Trinajstić information content (AvgIpc) is 3.09. The second kappa shape index (κ2) is 7.69. The number of piperazine rings is 1. The van der Waals surface area contributed by atoms with Gasteiger partial charge in [-0.05, 0) is 35.7 Å². The molecule has 0 bridgehead atoms. The summed E-state index contributed by atoms with van der Waals surface area (Å²) in [5, 5.41) is 10.3. The number of benzene rings is 1. The van der Waals surface area contributed by atoms with Crippen LogP contribution in [0.25, 0.3) is 0 Å². The first-order valence-corrected chi connectivity index (χ1v) is 10.5. The Balaban J connectivity index is 1.27. The van der Waals surface area contributed by atoms with Crippen molar-refractivity contribution in [3.63, 3.8) is 0 Å². The number of likely N-dealkylation sites (tertiary alicyclic amines) is 1. The molecule has 4 heterocycles. The Morgan fingerprint density at radius 3 is 2.52 bits per heavy atom. The quantitative estimate of drug-likeness (QED) is 0.831. The van der Waals surface area contributed by atoms with Crippen molar-refractivity contribution >= 4 is 0 Å².